The molecule has 1 amide bonds. The molecule has 0 bridgehead atoms. The highest BCUT2D eigenvalue weighted by molar-refractivity contribution is 5.97. The maximum atomic E-state index is 13.0. The lowest BCUT2D eigenvalue weighted by Gasteiger charge is -2.22. The molecule has 25 heavy (non-hydrogen) atoms. The van der Waals surface area contributed by atoms with Gasteiger partial charge in [0.2, 0.25) is 5.91 Å². The Bertz CT molecular complexity index is 950. The molecule has 5 rings (SSSR count). The zero-order valence-corrected chi connectivity index (χ0v) is 13.9. The third kappa shape index (κ3) is 2.36. The van der Waals surface area contributed by atoms with E-state index in [1.165, 1.54) is 5.56 Å². The van der Waals surface area contributed by atoms with Gasteiger partial charge in [0.25, 0.3) is 0 Å². The van der Waals surface area contributed by atoms with Crippen molar-refractivity contribution in [3.8, 4) is 0 Å². The van der Waals surface area contributed by atoms with E-state index in [2.05, 4.69) is 27.1 Å². The minimum atomic E-state index is 0.0362. The number of carbonyl (C=O) groups excluding carboxylic acids is 1. The van der Waals surface area contributed by atoms with E-state index in [4.69, 9.17) is 0 Å². The van der Waals surface area contributed by atoms with Gasteiger partial charge >= 0.3 is 0 Å². The van der Waals surface area contributed by atoms with Gasteiger partial charge < -0.3 is 9.80 Å². The second kappa shape index (κ2) is 5.58. The summed E-state index contributed by atoms with van der Waals surface area (Å²) in [5.41, 5.74) is 3.20. The van der Waals surface area contributed by atoms with Gasteiger partial charge in [0.1, 0.15) is 5.82 Å². The van der Waals surface area contributed by atoms with Crippen molar-refractivity contribution in [3.63, 3.8) is 0 Å². The summed E-state index contributed by atoms with van der Waals surface area (Å²) in [6.07, 6.45) is 5.50. The number of rotatable bonds is 2. The van der Waals surface area contributed by atoms with Crippen LogP contribution in [0.25, 0.3) is 5.65 Å². The first kappa shape index (κ1) is 14.5. The van der Waals surface area contributed by atoms with Gasteiger partial charge in [-0.15, -0.1) is 0 Å². The lowest BCUT2D eigenvalue weighted by Crippen LogP contribution is -2.36. The fourth-order valence-electron chi connectivity index (χ4n) is 3.94. The molecule has 0 spiro atoms. The summed E-state index contributed by atoms with van der Waals surface area (Å²) < 4.78 is 1.75. The Morgan fingerprint density at radius 2 is 2.04 bits per heavy atom. The van der Waals surface area contributed by atoms with Crippen molar-refractivity contribution in [2.45, 2.75) is 12.8 Å². The minimum absolute atomic E-state index is 0.0362. The van der Waals surface area contributed by atoms with E-state index in [1.807, 2.05) is 35.4 Å². The predicted molar refractivity (Wildman–Crippen MR) is 95.8 cm³/mol. The van der Waals surface area contributed by atoms with Gasteiger partial charge in [-0.1, -0.05) is 18.2 Å². The van der Waals surface area contributed by atoms with Gasteiger partial charge in [-0.2, -0.15) is 5.10 Å². The van der Waals surface area contributed by atoms with Crippen molar-refractivity contribution in [1.29, 1.82) is 0 Å². The molecule has 3 aromatic rings. The Hall–Kier alpha value is -2.89. The van der Waals surface area contributed by atoms with Gasteiger partial charge in [-0.3, -0.25) is 4.79 Å². The molecule has 1 unspecified atom stereocenters. The number of anilines is 2. The van der Waals surface area contributed by atoms with E-state index in [-0.39, 0.29) is 11.8 Å². The summed E-state index contributed by atoms with van der Waals surface area (Å²) in [6.45, 7) is 2.40. The van der Waals surface area contributed by atoms with Crippen LogP contribution in [0, 0.1) is 5.92 Å². The molecule has 2 aliphatic rings. The van der Waals surface area contributed by atoms with Crippen LogP contribution >= 0.6 is 0 Å². The second-order valence-corrected chi connectivity index (χ2v) is 6.72. The molecule has 1 atom stereocenters. The van der Waals surface area contributed by atoms with Gasteiger partial charge in [0, 0.05) is 37.6 Å². The molecule has 126 valence electrons. The van der Waals surface area contributed by atoms with Crippen LogP contribution in [0.5, 0.6) is 0 Å². The average molecular weight is 333 g/mol. The van der Waals surface area contributed by atoms with Crippen molar-refractivity contribution in [2.75, 3.05) is 29.4 Å². The van der Waals surface area contributed by atoms with Crippen molar-refractivity contribution in [2.24, 2.45) is 5.92 Å². The Morgan fingerprint density at radius 1 is 1.12 bits per heavy atom. The number of amides is 1. The summed E-state index contributed by atoms with van der Waals surface area (Å²) in [7, 11) is 0. The molecule has 6 heteroatoms. The van der Waals surface area contributed by atoms with Crippen molar-refractivity contribution < 1.29 is 4.79 Å². The van der Waals surface area contributed by atoms with E-state index in [0.717, 1.165) is 49.6 Å². The van der Waals surface area contributed by atoms with Crippen molar-refractivity contribution in [1.82, 2.24) is 14.6 Å². The second-order valence-electron chi connectivity index (χ2n) is 6.72. The quantitative estimate of drug-likeness (QED) is 0.721. The van der Waals surface area contributed by atoms with Crippen LogP contribution in [0.4, 0.5) is 11.5 Å². The number of aromatic nitrogens is 3. The van der Waals surface area contributed by atoms with Crippen LogP contribution in [0.1, 0.15) is 12.0 Å². The molecule has 0 aliphatic carbocycles. The van der Waals surface area contributed by atoms with E-state index in [9.17, 15) is 4.79 Å². The maximum absolute atomic E-state index is 13.0. The topological polar surface area (TPSA) is 53.7 Å². The molecule has 6 nitrogen and oxygen atoms in total. The van der Waals surface area contributed by atoms with Gasteiger partial charge in [-0.25, -0.2) is 9.50 Å². The van der Waals surface area contributed by atoms with Gasteiger partial charge in [0.15, 0.2) is 5.65 Å². The van der Waals surface area contributed by atoms with Crippen LogP contribution in [0.15, 0.2) is 48.8 Å². The number of fused-ring (bicyclic) bond motifs is 2. The summed E-state index contributed by atoms with van der Waals surface area (Å²) in [5, 5.41) is 4.18. The molecule has 1 fully saturated rings. The highest BCUT2D eigenvalue weighted by Gasteiger charge is 2.34. The Labute approximate surface area is 145 Å². The number of benzene rings is 1. The maximum Gasteiger partial charge on any atom is 0.231 e. The minimum Gasteiger partial charge on any atom is -0.356 e. The highest BCUT2D eigenvalue weighted by Crippen LogP contribution is 2.31. The fraction of sp³-hybridized carbons (Fsp3) is 0.316. The summed E-state index contributed by atoms with van der Waals surface area (Å²) in [5.74, 6) is 1.21. The van der Waals surface area contributed by atoms with Crippen LogP contribution in [-0.4, -0.2) is 40.1 Å². The third-order valence-corrected chi connectivity index (χ3v) is 5.26. The summed E-state index contributed by atoms with van der Waals surface area (Å²) in [6, 6.07) is 12.1. The molecule has 0 N–H and O–H groups in total. The third-order valence-electron chi connectivity index (χ3n) is 5.26. The zero-order chi connectivity index (χ0) is 16.8. The van der Waals surface area contributed by atoms with Crippen LogP contribution < -0.4 is 9.80 Å². The first-order valence-corrected chi connectivity index (χ1v) is 8.74. The van der Waals surface area contributed by atoms with E-state index in [0.29, 0.717) is 0 Å². The van der Waals surface area contributed by atoms with E-state index in [1.54, 1.807) is 10.7 Å². The number of carbonyl (C=O) groups is 1. The van der Waals surface area contributed by atoms with Crippen molar-refractivity contribution >= 4 is 23.1 Å². The Morgan fingerprint density at radius 3 is 3.00 bits per heavy atom. The van der Waals surface area contributed by atoms with Gasteiger partial charge in [0.05, 0.1) is 12.1 Å². The number of nitrogens with zero attached hydrogens (tertiary/aromatic N) is 5. The Balaban J connectivity index is 1.34. The molecule has 0 saturated carbocycles. The number of para-hydroxylation sites is 1. The molecular formula is C19H19N5O. The van der Waals surface area contributed by atoms with Crippen LogP contribution in [-0.2, 0) is 11.2 Å². The summed E-state index contributed by atoms with van der Waals surface area (Å²) >= 11 is 0. The lowest BCUT2D eigenvalue weighted by atomic mass is 10.1. The molecule has 1 aromatic carbocycles. The number of hydrogen-bond donors (Lipinski definition) is 0. The summed E-state index contributed by atoms with van der Waals surface area (Å²) in [4.78, 5) is 21.8. The SMILES string of the molecule is O=C(C1CCN(c2ccn3nccc3n2)C1)N1CCc2ccccc21. The van der Waals surface area contributed by atoms with E-state index < -0.39 is 0 Å². The van der Waals surface area contributed by atoms with Gasteiger partial charge in [-0.05, 0) is 30.5 Å². The Kier molecular flexibility index (Phi) is 3.23. The molecular weight excluding hydrogens is 314 g/mol. The molecule has 2 aromatic heterocycles. The predicted octanol–water partition coefficient (Wildman–Crippen LogP) is 2.14. The van der Waals surface area contributed by atoms with Crippen LogP contribution in [0.2, 0.25) is 0 Å². The zero-order valence-electron chi connectivity index (χ0n) is 13.9. The van der Waals surface area contributed by atoms with Crippen molar-refractivity contribution in [3.05, 3.63) is 54.4 Å². The monoisotopic (exact) mass is 333 g/mol. The molecule has 1 saturated heterocycles. The average Bonchev–Trinajstić information content (AvgIpc) is 3.38. The molecule has 4 heterocycles. The van der Waals surface area contributed by atoms with Crippen LogP contribution in [0.3, 0.4) is 0 Å². The standard InChI is InChI=1S/C19H19N5O/c25-19(23-11-7-14-3-1-2-4-16(14)23)15-6-10-22(13-15)17-8-12-24-18(21-17)5-9-20-24/h1-5,8-9,12,15H,6-7,10-11,13H2. The number of hydrogen-bond acceptors (Lipinski definition) is 4. The molecule has 2 aliphatic heterocycles. The first-order chi connectivity index (χ1) is 12.3. The highest BCUT2D eigenvalue weighted by atomic mass is 16.2. The lowest BCUT2D eigenvalue weighted by molar-refractivity contribution is -0.121. The fourth-order valence-corrected chi connectivity index (χ4v) is 3.94. The molecule has 0 radical (unpaired) electrons. The first-order valence-electron chi connectivity index (χ1n) is 8.74. The normalized spacial score (nSPS) is 19.6. The largest absolute Gasteiger partial charge is 0.356 e. The van der Waals surface area contributed by atoms with E-state index >= 15 is 0 Å². The smallest absolute Gasteiger partial charge is 0.231 e.